The molecule has 17 heavy (non-hydrogen) atoms. The van der Waals surface area contributed by atoms with E-state index in [1.54, 1.807) is 14.2 Å². The second-order valence-electron chi connectivity index (χ2n) is 3.91. The Kier molecular flexibility index (Phi) is 4.85. The Morgan fingerprint density at radius 3 is 2.47 bits per heavy atom. The molecular weight excluding hydrogens is 286 g/mol. The molecule has 1 heterocycles. The first-order valence-corrected chi connectivity index (χ1v) is 6.14. The molecule has 0 amide bonds. The van der Waals surface area contributed by atoms with Crippen LogP contribution in [0.1, 0.15) is 31.8 Å². The van der Waals surface area contributed by atoms with Gasteiger partial charge in [-0.25, -0.2) is 9.97 Å². The predicted octanol–water partition coefficient (Wildman–Crippen LogP) is 2.24. The molecule has 0 aliphatic heterocycles. The fourth-order valence-corrected chi connectivity index (χ4v) is 1.67. The average Bonchev–Trinajstić information content (AvgIpc) is 2.34. The van der Waals surface area contributed by atoms with Gasteiger partial charge in [0, 0.05) is 14.2 Å². The van der Waals surface area contributed by atoms with E-state index < -0.39 is 5.60 Å². The first-order chi connectivity index (χ1) is 7.98. The lowest BCUT2D eigenvalue weighted by Gasteiger charge is -2.25. The quantitative estimate of drug-likeness (QED) is 0.903. The Labute approximate surface area is 110 Å². The summed E-state index contributed by atoms with van der Waals surface area (Å²) < 4.78 is 11.2. The van der Waals surface area contributed by atoms with Crippen LogP contribution in [0.5, 0.6) is 0 Å². The molecule has 6 heteroatoms. The molecule has 0 saturated heterocycles. The molecule has 1 aromatic rings. The molecule has 0 bridgehead atoms. The van der Waals surface area contributed by atoms with Crippen molar-refractivity contribution in [3.63, 3.8) is 0 Å². The minimum atomic E-state index is -0.530. The molecule has 0 aliphatic rings. The molecule has 5 nitrogen and oxygen atoms in total. The van der Waals surface area contributed by atoms with E-state index in [4.69, 9.17) is 15.2 Å². The zero-order valence-corrected chi connectivity index (χ0v) is 12.2. The molecule has 0 aromatic carbocycles. The third-order valence-electron chi connectivity index (χ3n) is 2.82. The van der Waals surface area contributed by atoms with E-state index in [0.717, 1.165) is 12.1 Å². The van der Waals surface area contributed by atoms with E-state index in [1.165, 1.54) is 0 Å². The van der Waals surface area contributed by atoms with Gasteiger partial charge in [-0.15, -0.1) is 0 Å². The molecule has 1 unspecified atom stereocenters. The minimum Gasteiger partial charge on any atom is -0.383 e. The van der Waals surface area contributed by atoms with Crippen molar-refractivity contribution in [3.05, 3.63) is 16.0 Å². The SMILES string of the molecule is CCC(C)(OC)c1nc(N)c(Br)c(COC)n1. The number of nitrogens with two attached hydrogens (primary N) is 1. The van der Waals surface area contributed by atoms with Crippen molar-refractivity contribution in [2.45, 2.75) is 32.5 Å². The number of halogens is 1. The standard InChI is InChI=1S/C11H18BrN3O2/c1-5-11(2,17-4)10-14-7(6-16-3)8(12)9(13)15-10/h5-6H2,1-4H3,(H2,13,14,15). The van der Waals surface area contributed by atoms with Gasteiger partial charge in [-0.05, 0) is 29.3 Å². The Morgan fingerprint density at radius 1 is 1.35 bits per heavy atom. The van der Waals surface area contributed by atoms with Crippen LogP contribution in [0.3, 0.4) is 0 Å². The number of nitrogens with zero attached hydrogens (tertiary/aromatic N) is 2. The smallest absolute Gasteiger partial charge is 0.162 e. The summed E-state index contributed by atoms with van der Waals surface area (Å²) in [6.45, 7) is 4.33. The lowest BCUT2D eigenvalue weighted by molar-refractivity contribution is -0.00931. The molecule has 1 atom stereocenters. The van der Waals surface area contributed by atoms with Gasteiger partial charge < -0.3 is 15.2 Å². The van der Waals surface area contributed by atoms with Crippen molar-refractivity contribution >= 4 is 21.7 Å². The van der Waals surface area contributed by atoms with Crippen LogP contribution in [0.15, 0.2) is 4.47 Å². The fourth-order valence-electron chi connectivity index (χ4n) is 1.38. The van der Waals surface area contributed by atoms with Crippen LogP contribution >= 0.6 is 15.9 Å². The Hall–Kier alpha value is -0.720. The number of rotatable bonds is 5. The van der Waals surface area contributed by atoms with E-state index >= 15 is 0 Å². The molecule has 1 rings (SSSR count). The van der Waals surface area contributed by atoms with E-state index in [9.17, 15) is 0 Å². The number of aromatic nitrogens is 2. The van der Waals surface area contributed by atoms with E-state index in [1.807, 2.05) is 13.8 Å². The molecule has 2 N–H and O–H groups in total. The third-order valence-corrected chi connectivity index (χ3v) is 3.69. The molecule has 96 valence electrons. The van der Waals surface area contributed by atoms with Crippen molar-refractivity contribution in [1.82, 2.24) is 9.97 Å². The van der Waals surface area contributed by atoms with Crippen molar-refractivity contribution < 1.29 is 9.47 Å². The summed E-state index contributed by atoms with van der Waals surface area (Å²) in [5.41, 5.74) is 6.05. The van der Waals surface area contributed by atoms with Gasteiger partial charge in [-0.3, -0.25) is 0 Å². The zero-order valence-electron chi connectivity index (χ0n) is 10.6. The summed E-state index contributed by atoms with van der Waals surface area (Å²) >= 11 is 3.36. The van der Waals surface area contributed by atoms with Gasteiger partial charge in [0.25, 0.3) is 0 Å². The maximum Gasteiger partial charge on any atom is 0.162 e. The lowest BCUT2D eigenvalue weighted by atomic mass is 10.0. The Morgan fingerprint density at radius 2 is 2.00 bits per heavy atom. The van der Waals surface area contributed by atoms with Crippen LogP contribution in [-0.4, -0.2) is 24.2 Å². The topological polar surface area (TPSA) is 70.3 Å². The van der Waals surface area contributed by atoms with Crippen LogP contribution in [0.4, 0.5) is 5.82 Å². The van der Waals surface area contributed by atoms with Crippen LogP contribution in [0.2, 0.25) is 0 Å². The van der Waals surface area contributed by atoms with E-state index in [2.05, 4.69) is 25.9 Å². The molecule has 0 saturated carbocycles. The summed E-state index contributed by atoms with van der Waals surface area (Å²) in [4.78, 5) is 8.72. The fraction of sp³-hybridized carbons (Fsp3) is 0.636. The van der Waals surface area contributed by atoms with Crippen molar-refractivity contribution in [3.8, 4) is 0 Å². The van der Waals surface area contributed by atoms with Crippen molar-refractivity contribution in [2.75, 3.05) is 20.0 Å². The molecular formula is C11H18BrN3O2. The molecule has 1 aromatic heterocycles. The van der Waals surface area contributed by atoms with E-state index in [-0.39, 0.29) is 0 Å². The Bertz CT molecular complexity index is 395. The summed E-state index contributed by atoms with van der Waals surface area (Å²) in [5, 5.41) is 0. The van der Waals surface area contributed by atoms with Crippen LogP contribution < -0.4 is 5.73 Å². The number of ether oxygens (including phenoxy) is 2. The maximum atomic E-state index is 5.85. The van der Waals surface area contributed by atoms with Gasteiger partial charge in [0.2, 0.25) is 0 Å². The summed E-state index contributed by atoms with van der Waals surface area (Å²) in [7, 11) is 3.25. The van der Waals surface area contributed by atoms with Gasteiger partial charge >= 0.3 is 0 Å². The number of hydrogen-bond donors (Lipinski definition) is 1. The number of nitrogen functional groups attached to an aromatic ring is 1. The number of hydrogen-bond acceptors (Lipinski definition) is 5. The van der Waals surface area contributed by atoms with Gasteiger partial charge in [-0.2, -0.15) is 0 Å². The van der Waals surface area contributed by atoms with Crippen molar-refractivity contribution in [1.29, 1.82) is 0 Å². The van der Waals surface area contributed by atoms with Gasteiger partial charge in [0.05, 0.1) is 16.8 Å². The third kappa shape index (κ3) is 2.94. The lowest BCUT2D eigenvalue weighted by Crippen LogP contribution is -2.27. The maximum absolute atomic E-state index is 5.85. The summed E-state index contributed by atoms with van der Waals surface area (Å²) in [6, 6.07) is 0. The summed E-state index contributed by atoms with van der Waals surface area (Å²) in [6.07, 6.45) is 0.761. The highest BCUT2D eigenvalue weighted by Crippen LogP contribution is 2.29. The van der Waals surface area contributed by atoms with Gasteiger partial charge in [0.1, 0.15) is 11.4 Å². The Balaban J connectivity index is 3.26. The van der Waals surface area contributed by atoms with Crippen molar-refractivity contribution in [2.24, 2.45) is 0 Å². The average molecular weight is 304 g/mol. The van der Waals surface area contributed by atoms with Crippen LogP contribution in [0.25, 0.3) is 0 Å². The monoisotopic (exact) mass is 303 g/mol. The first-order valence-electron chi connectivity index (χ1n) is 5.35. The highest BCUT2D eigenvalue weighted by molar-refractivity contribution is 9.10. The molecule has 0 radical (unpaired) electrons. The number of methoxy groups -OCH3 is 2. The minimum absolute atomic E-state index is 0.379. The highest BCUT2D eigenvalue weighted by Gasteiger charge is 2.29. The normalized spacial score (nSPS) is 14.6. The van der Waals surface area contributed by atoms with Crippen LogP contribution in [0, 0.1) is 0 Å². The number of anilines is 1. The predicted molar refractivity (Wildman–Crippen MR) is 69.5 cm³/mol. The molecule has 0 aliphatic carbocycles. The molecule has 0 spiro atoms. The van der Waals surface area contributed by atoms with Gasteiger partial charge in [-0.1, -0.05) is 6.92 Å². The highest BCUT2D eigenvalue weighted by atomic mass is 79.9. The van der Waals surface area contributed by atoms with Crippen LogP contribution in [-0.2, 0) is 21.7 Å². The zero-order chi connectivity index (χ0) is 13.1. The second kappa shape index (κ2) is 5.75. The summed E-state index contributed by atoms with van der Waals surface area (Å²) in [5.74, 6) is 0.981. The largest absolute Gasteiger partial charge is 0.383 e. The molecule has 0 fully saturated rings. The van der Waals surface area contributed by atoms with E-state index in [0.29, 0.717) is 22.7 Å². The second-order valence-corrected chi connectivity index (χ2v) is 4.71. The first kappa shape index (κ1) is 14.3. The van der Waals surface area contributed by atoms with Gasteiger partial charge in [0.15, 0.2) is 5.82 Å².